The second-order valence-electron chi connectivity index (χ2n) is 5.43. The quantitative estimate of drug-likeness (QED) is 0.853. The van der Waals surface area contributed by atoms with Crippen molar-refractivity contribution in [3.8, 4) is 0 Å². The second-order valence-corrected chi connectivity index (χ2v) is 5.43. The lowest BCUT2D eigenvalue weighted by Crippen LogP contribution is -2.44. The topological polar surface area (TPSA) is 34.2 Å². The van der Waals surface area contributed by atoms with Crippen molar-refractivity contribution >= 4 is 0 Å². The van der Waals surface area contributed by atoms with E-state index in [-0.39, 0.29) is 11.6 Å². The Labute approximate surface area is 116 Å². The number of rotatable bonds is 6. The molecule has 1 heterocycles. The van der Waals surface area contributed by atoms with Crippen LogP contribution in [0.15, 0.2) is 18.5 Å². The van der Waals surface area contributed by atoms with Gasteiger partial charge in [0.25, 0.3) is 0 Å². The fraction of sp³-hybridized carbons (Fsp3) is 0.688. The molecule has 0 radical (unpaired) electrons. The van der Waals surface area contributed by atoms with Crippen molar-refractivity contribution in [2.75, 3.05) is 13.2 Å². The number of hydrogen-bond acceptors (Lipinski definition) is 3. The van der Waals surface area contributed by atoms with E-state index in [0.29, 0.717) is 0 Å². The first kappa shape index (κ1) is 14.5. The van der Waals surface area contributed by atoms with Gasteiger partial charge in [-0.05, 0) is 50.4 Å². The Morgan fingerprint density at radius 3 is 2.68 bits per heavy atom. The van der Waals surface area contributed by atoms with Gasteiger partial charge < -0.3 is 10.1 Å². The number of likely N-dealkylation sites (N-methyl/N-ethyl adjacent to an activating group) is 1. The molecule has 0 aliphatic heterocycles. The third-order valence-corrected chi connectivity index (χ3v) is 4.21. The van der Waals surface area contributed by atoms with Gasteiger partial charge in [-0.1, -0.05) is 19.8 Å². The standard InChI is InChI=1S/C16H26N2O/c1-4-18-15(14-12-17-11-8-13(14)3)16(19-5-2)9-6-7-10-16/h8,11-12,15,18H,4-7,9-10H2,1-3H3. The SMILES string of the molecule is CCNC(c1cnccc1C)C1(OCC)CCCC1. The monoisotopic (exact) mass is 262 g/mol. The van der Waals surface area contributed by atoms with Crippen LogP contribution in [-0.2, 0) is 4.74 Å². The molecule has 0 amide bonds. The normalized spacial score (nSPS) is 19.5. The molecular weight excluding hydrogens is 236 g/mol. The summed E-state index contributed by atoms with van der Waals surface area (Å²) in [5.74, 6) is 0. The van der Waals surface area contributed by atoms with Crippen molar-refractivity contribution in [2.45, 2.75) is 58.1 Å². The molecule has 1 atom stereocenters. The van der Waals surface area contributed by atoms with Crippen molar-refractivity contribution in [3.63, 3.8) is 0 Å². The van der Waals surface area contributed by atoms with Crippen LogP contribution in [0.1, 0.15) is 56.7 Å². The Bertz CT molecular complexity index is 399. The van der Waals surface area contributed by atoms with Gasteiger partial charge in [0.05, 0.1) is 11.6 Å². The van der Waals surface area contributed by atoms with Crippen LogP contribution in [0.5, 0.6) is 0 Å². The van der Waals surface area contributed by atoms with E-state index >= 15 is 0 Å². The first-order chi connectivity index (χ1) is 9.23. The van der Waals surface area contributed by atoms with Gasteiger partial charge in [-0.15, -0.1) is 0 Å². The molecule has 1 unspecified atom stereocenters. The third kappa shape index (κ3) is 2.98. The van der Waals surface area contributed by atoms with Gasteiger partial charge in [-0.25, -0.2) is 0 Å². The zero-order chi connectivity index (χ0) is 13.7. The Hall–Kier alpha value is -0.930. The minimum atomic E-state index is -0.0431. The van der Waals surface area contributed by atoms with Crippen molar-refractivity contribution in [2.24, 2.45) is 0 Å². The van der Waals surface area contributed by atoms with Gasteiger partial charge in [-0.3, -0.25) is 4.98 Å². The Kier molecular flexibility index (Phi) is 4.94. The number of ether oxygens (including phenoxy) is 1. The van der Waals surface area contributed by atoms with E-state index in [2.05, 4.69) is 37.1 Å². The molecule has 1 aromatic rings. The van der Waals surface area contributed by atoms with E-state index in [4.69, 9.17) is 4.74 Å². The molecule has 106 valence electrons. The fourth-order valence-corrected chi connectivity index (χ4v) is 3.34. The first-order valence-corrected chi connectivity index (χ1v) is 7.51. The molecule has 0 saturated heterocycles. The van der Waals surface area contributed by atoms with Gasteiger partial charge >= 0.3 is 0 Å². The molecule has 1 saturated carbocycles. The molecule has 1 aliphatic carbocycles. The highest BCUT2D eigenvalue weighted by Crippen LogP contribution is 2.43. The minimum Gasteiger partial charge on any atom is -0.373 e. The summed E-state index contributed by atoms with van der Waals surface area (Å²) in [4.78, 5) is 4.32. The molecule has 1 aromatic heterocycles. The predicted molar refractivity (Wildman–Crippen MR) is 78.2 cm³/mol. The zero-order valence-corrected chi connectivity index (χ0v) is 12.4. The summed E-state index contributed by atoms with van der Waals surface area (Å²) in [5, 5.41) is 3.64. The summed E-state index contributed by atoms with van der Waals surface area (Å²) in [7, 11) is 0. The lowest BCUT2D eigenvalue weighted by atomic mass is 9.85. The van der Waals surface area contributed by atoms with E-state index in [1.54, 1.807) is 0 Å². The summed E-state index contributed by atoms with van der Waals surface area (Å²) in [6.45, 7) is 8.15. The lowest BCUT2D eigenvalue weighted by Gasteiger charge is -2.38. The van der Waals surface area contributed by atoms with Gasteiger partial charge in [0, 0.05) is 19.0 Å². The van der Waals surface area contributed by atoms with Crippen molar-refractivity contribution in [3.05, 3.63) is 29.6 Å². The van der Waals surface area contributed by atoms with Crippen LogP contribution in [0.25, 0.3) is 0 Å². The summed E-state index contributed by atoms with van der Waals surface area (Å²) in [6.07, 6.45) is 8.69. The Morgan fingerprint density at radius 2 is 2.11 bits per heavy atom. The van der Waals surface area contributed by atoms with Crippen molar-refractivity contribution in [1.82, 2.24) is 10.3 Å². The van der Waals surface area contributed by atoms with Crippen LogP contribution < -0.4 is 5.32 Å². The van der Waals surface area contributed by atoms with Crippen LogP contribution in [0.2, 0.25) is 0 Å². The Morgan fingerprint density at radius 1 is 1.37 bits per heavy atom. The predicted octanol–water partition coefficient (Wildman–Crippen LogP) is 3.39. The molecule has 1 N–H and O–H groups in total. The number of nitrogens with one attached hydrogen (secondary N) is 1. The molecule has 1 fully saturated rings. The number of aryl methyl sites for hydroxylation is 1. The van der Waals surface area contributed by atoms with Crippen LogP contribution in [0, 0.1) is 6.92 Å². The third-order valence-electron chi connectivity index (χ3n) is 4.21. The van der Waals surface area contributed by atoms with Crippen LogP contribution in [-0.4, -0.2) is 23.7 Å². The molecule has 0 aromatic carbocycles. The van der Waals surface area contributed by atoms with Gasteiger partial charge in [-0.2, -0.15) is 0 Å². The lowest BCUT2D eigenvalue weighted by molar-refractivity contribution is -0.0625. The molecule has 1 aliphatic rings. The zero-order valence-electron chi connectivity index (χ0n) is 12.4. The number of aromatic nitrogens is 1. The molecule has 0 bridgehead atoms. The number of nitrogens with zero attached hydrogens (tertiary/aromatic N) is 1. The molecule has 19 heavy (non-hydrogen) atoms. The van der Waals surface area contributed by atoms with Crippen LogP contribution in [0.4, 0.5) is 0 Å². The average molecular weight is 262 g/mol. The van der Waals surface area contributed by atoms with E-state index in [0.717, 1.165) is 26.0 Å². The van der Waals surface area contributed by atoms with Gasteiger partial charge in [0.15, 0.2) is 0 Å². The Balaban J connectivity index is 2.35. The molecule has 3 heteroatoms. The molecule has 3 nitrogen and oxygen atoms in total. The maximum atomic E-state index is 6.22. The largest absolute Gasteiger partial charge is 0.373 e. The van der Waals surface area contributed by atoms with Crippen molar-refractivity contribution < 1.29 is 4.74 Å². The summed E-state index contributed by atoms with van der Waals surface area (Å²) in [5.41, 5.74) is 2.55. The smallest absolute Gasteiger partial charge is 0.0876 e. The first-order valence-electron chi connectivity index (χ1n) is 7.51. The minimum absolute atomic E-state index is 0.0431. The highest BCUT2D eigenvalue weighted by molar-refractivity contribution is 5.28. The van der Waals surface area contributed by atoms with Gasteiger partial charge in [0.1, 0.15) is 0 Å². The molecule has 0 spiro atoms. The number of pyridine rings is 1. The van der Waals surface area contributed by atoms with E-state index in [1.807, 2.05) is 12.4 Å². The van der Waals surface area contributed by atoms with E-state index < -0.39 is 0 Å². The van der Waals surface area contributed by atoms with Crippen molar-refractivity contribution in [1.29, 1.82) is 0 Å². The maximum Gasteiger partial charge on any atom is 0.0876 e. The highest BCUT2D eigenvalue weighted by atomic mass is 16.5. The van der Waals surface area contributed by atoms with Gasteiger partial charge in [0.2, 0.25) is 0 Å². The maximum absolute atomic E-state index is 6.22. The van der Waals surface area contributed by atoms with E-state index in [9.17, 15) is 0 Å². The summed E-state index contributed by atoms with van der Waals surface area (Å²) < 4.78 is 6.22. The fourth-order valence-electron chi connectivity index (χ4n) is 3.34. The van der Waals surface area contributed by atoms with Crippen LogP contribution >= 0.6 is 0 Å². The van der Waals surface area contributed by atoms with E-state index in [1.165, 1.54) is 24.0 Å². The average Bonchev–Trinajstić information content (AvgIpc) is 2.87. The highest BCUT2D eigenvalue weighted by Gasteiger charge is 2.43. The summed E-state index contributed by atoms with van der Waals surface area (Å²) in [6, 6.07) is 2.35. The number of hydrogen-bond donors (Lipinski definition) is 1. The summed E-state index contributed by atoms with van der Waals surface area (Å²) >= 11 is 0. The molecular formula is C16H26N2O. The second kappa shape index (κ2) is 6.49. The molecule has 2 rings (SSSR count). The van der Waals surface area contributed by atoms with Crippen LogP contribution in [0.3, 0.4) is 0 Å².